The maximum Gasteiger partial charge on any atom is 0.248 e. The number of sulfone groups is 1. The van der Waals surface area contributed by atoms with Crippen molar-refractivity contribution < 1.29 is 40.6 Å². The normalized spacial score (nSPS) is 19.2. The van der Waals surface area contributed by atoms with E-state index in [1.807, 2.05) is 23.9 Å². The van der Waals surface area contributed by atoms with E-state index in [9.17, 15) is 26.0 Å². The first-order chi connectivity index (χ1) is 19.7. The molecule has 0 spiro atoms. The molecule has 2 saturated carbocycles. The predicted molar refractivity (Wildman–Crippen MR) is 152 cm³/mol. The topological polar surface area (TPSA) is 90.6 Å². The highest BCUT2D eigenvalue weighted by molar-refractivity contribution is 7.90. The fourth-order valence-electron chi connectivity index (χ4n) is 5.52. The van der Waals surface area contributed by atoms with Crippen molar-refractivity contribution >= 4 is 20.7 Å². The summed E-state index contributed by atoms with van der Waals surface area (Å²) in [4.78, 5) is 4.43. The molecular formula is C30H38F4N2O5S. The molecule has 0 radical (unpaired) electrons. The summed E-state index contributed by atoms with van der Waals surface area (Å²) in [6.07, 6.45) is 6.09. The highest BCUT2D eigenvalue weighted by atomic mass is 32.2. The van der Waals surface area contributed by atoms with Crippen molar-refractivity contribution in [2.75, 3.05) is 26.6 Å². The molecule has 0 saturated heterocycles. The third kappa shape index (κ3) is 7.75. The van der Waals surface area contributed by atoms with Crippen LogP contribution in [0.2, 0.25) is 0 Å². The van der Waals surface area contributed by atoms with Crippen molar-refractivity contribution in [2.24, 2.45) is 18.9 Å². The van der Waals surface area contributed by atoms with Crippen molar-refractivity contribution in [1.82, 2.24) is 9.55 Å². The summed E-state index contributed by atoms with van der Waals surface area (Å²) in [6.45, 7) is 0.368. The molecule has 42 heavy (non-hydrogen) atoms. The van der Waals surface area contributed by atoms with E-state index in [-0.39, 0.29) is 49.0 Å². The van der Waals surface area contributed by atoms with E-state index in [0.29, 0.717) is 49.5 Å². The maximum atomic E-state index is 13.5. The lowest BCUT2D eigenvalue weighted by atomic mass is 9.87. The van der Waals surface area contributed by atoms with Gasteiger partial charge in [0, 0.05) is 74.5 Å². The summed E-state index contributed by atoms with van der Waals surface area (Å²) in [6, 6.07) is 6.59. The SMILES string of the molecule is COc1nccc2c(-c3cc(S(C)(=O)=O)ccc3OCC3CCC(F)(F)CC3)cn(C)c12.OCC1CCC(F)(F)CC1. The van der Waals surface area contributed by atoms with Gasteiger partial charge in [-0.05, 0) is 61.8 Å². The third-order valence-corrected chi connectivity index (χ3v) is 9.24. The number of hydrogen-bond acceptors (Lipinski definition) is 6. The Kier molecular flexibility index (Phi) is 9.76. The summed E-state index contributed by atoms with van der Waals surface area (Å²) in [5, 5.41) is 9.46. The van der Waals surface area contributed by atoms with Gasteiger partial charge in [0.1, 0.15) is 11.3 Å². The number of methoxy groups -OCH3 is 1. The smallest absolute Gasteiger partial charge is 0.248 e. The molecule has 1 aromatic carbocycles. The van der Waals surface area contributed by atoms with Gasteiger partial charge in [0.25, 0.3) is 0 Å². The molecule has 0 bridgehead atoms. The van der Waals surface area contributed by atoms with E-state index in [1.165, 1.54) is 6.07 Å². The minimum Gasteiger partial charge on any atom is -0.493 e. The summed E-state index contributed by atoms with van der Waals surface area (Å²) < 4.78 is 89.6. The van der Waals surface area contributed by atoms with Gasteiger partial charge in [0.15, 0.2) is 9.84 Å². The van der Waals surface area contributed by atoms with Crippen molar-refractivity contribution in [2.45, 2.75) is 68.1 Å². The van der Waals surface area contributed by atoms with E-state index in [1.54, 1.807) is 25.4 Å². The third-order valence-electron chi connectivity index (χ3n) is 8.13. The molecule has 2 aromatic heterocycles. The van der Waals surface area contributed by atoms with Crippen LogP contribution in [0.15, 0.2) is 41.6 Å². The maximum absolute atomic E-state index is 13.5. The van der Waals surface area contributed by atoms with Crippen LogP contribution in [0.25, 0.3) is 22.0 Å². The molecule has 1 N–H and O–H groups in total. The van der Waals surface area contributed by atoms with Crippen molar-refractivity contribution in [1.29, 1.82) is 0 Å². The number of halogens is 4. The Balaban J connectivity index is 0.000000343. The molecule has 2 aliphatic carbocycles. The lowest BCUT2D eigenvalue weighted by Crippen LogP contribution is -2.27. The number of nitrogens with zero attached hydrogens (tertiary/aromatic N) is 2. The Morgan fingerprint density at radius 3 is 2.12 bits per heavy atom. The van der Waals surface area contributed by atoms with Gasteiger partial charge < -0.3 is 19.1 Å². The van der Waals surface area contributed by atoms with Crippen LogP contribution in [0.4, 0.5) is 17.6 Å². The number of alkyl halides is 4. The lowest BCUT2D eigenvalue weighted by molar-refractivity contribution is -0.0512. The van der Waals surface area contributed by atoms with Crippen LogP contribution >= 0.6 is 0 Å². The number of fused-ring (bicyclic) bond motifs is 1. The van der Waals surface area contributed by atoms with E-state index in [4.69, 9.17) is 14.6 Å². The van der Waals surface area contributed by atoms with Gasteiger partial charge in [-0.3, -0.25) is 0 Å². The van der Waals surface area contributed by atoms with Crippen LogP contribution in [-0.4, -0.2) is 61.5 Å². The van der Waals surface area contributed by atoms with Crippen molar-refractivity contribution in [3.05, 3.63) is 36.7 Å². The number of hydrogen-bond donors (Lipinski definition) is 1. The molecule has 0 aliphatic heterocycles. The van der Waals surface area contributed by atoms with Gasteiger partial charge in [-0.15, -0.1) is 0 Å². The number of aliphatic hydroxyl groups is 1. The first kappa shape index (κ1) is 32.1. The average Bonchev–Trinajstić information content (AvgIpc) is 3.28. The molecular weight excluding hydrogens is 576 g/mol. The molecule has 0 unspecified atom stereocenters. The zero-order chi connectivity index (χ0) is 30.7. The van der Waals surface area contributed by atoms with Crippen molar-refractivity contribution in [3.8, 4) is 22.8 Å². The largest absolute Gasteiger partial charge is 0.493 e. The van der Waals surface area contributed by atoms with Crippen LogP contribution in [0.1, 0.15) is 51.4 Å². The minimum atomic E-state index is -3.44. The van der Waals surface area contributed by atoms with Crippen LogP contribution in [0.5, 0.6) is 11.6 Å². The molecule has 3 aromatic rings. The Hall–Kier alpha value is -2.86. The van der Waals surface area contributed by atoms with Gasteiger partial charge in [0.2, 0.25) is 17.7 Å². The second kappa shape index (κ2) is 12.8. The Bertz CT molecular complexity index is 1470. The number of pyridine rings is 1. The van der Waals surface area contributed by atoms with E-state index in [0.717, 1.165) is 22.7 Å². The van der Waals surface area contributed by atoms with Crippen LogP contribution in [0, 0.1) is 11.8 Å². The van der Waals surface area contributed by atoms with E-state index in [2.05, 4.69) is 4.98 Å². The molecule has 5 rings (SSSR count). The first-order valence-corrected chi connectivity index (χ1v) is 15.9. The number of ether oxygens (including phenoxy) is 2. The Labute approximate surface area is 243 Å². The van der Waals surface area contributed by atoms with Crippen molar-refractivity contribution in [3.63, 3.8) is 0 Å². The molecule has 0 amide bonds. The van der Waals surface area contributed by atoms with Crippen LogP contribution < -0.4 is 9.47 Å². The zero-order valence-electron chi connectivity index (χ0n) is 24.1. The van der Waals surface area contributed by atoms with E-state index < -0.39 is 21.7 Å². The second-order valence-electron chi connectivity index (χ2n) is 11.4. The molecule has 7 nitrogen and oxygen atoms in total. The highest BCUT2D eigenvalue weighted by Crippen LogP contribution is 2.41. The summed E-state index contributed by atoms with van der Waals surface area (Å²) in [5.74, 6) is -3.91. The monoisotopic (exact) mass is 614 g/mol. The standard InChI is InChI=1S/C23H26F2N2O4S.C7H12F2O/c1-27-13-19(17-8-11-26-22(30-2)21(17)27)18-12-16(32(3,28)29)4-5-20(18)31-14-15-6-9-23(24,25)10-7-15;8-7(9)3-1-6(5-10)2-4-7/h4-5,8,11-13,15H,6-7,9-10,14H2,1-3H3;6,10H,1-5H2. The molecule has 2 aliphatic rings. The molecule has 12 heteroatoms. The number of benzene rings is 1. The van der Waals surface area contributed by atoms with Gasteiger partial charge >= 0.3 is 0 Å². The van der Waals surface area contributed by atoms with Gasteiger partial charge in [-0.1, -0.05) is 0 Å². The quantitative estimate of drug-likeness (QED) is 0.300. The number of rotatable bonds is 7. The van der Waals surface area contributed by atoms with E-state index >= 15 is 0 Å². The molecule has 232 valence electrons. The lowest BCUT2D eigenvalue weighted by Gasteiger charge is -2.28. The molecule has 0 atom stereocenters. The number of aryl methyl sites for hydroxylation is 1. The summed E-state index contributed by atoms with van der Waals surface area (Å²) in [7, 11) is -0.0376. The van der Waals surface area contributed by atoms with Gasteiger partial charge in [0.05, 0.1) is 18.6 Å². The highest BCUT2D eigenvalue weighted by Gasteiger charge is 2.35. The Morgan fingerprint density at radius 2 is 1.57 bits per heavy atom. The van der Waals surface area contributed by atoms with Gasteiger partial charge in [-0.2, -0.15) is 0 Å². The summed E-state index contributed by atoms with van der Waals surface area (Å²) in [5.41, 5.74) is 2.17. The first-order valence-electron chi connectivity index (χ1n) is 14.0. The summed E-state index contributed by atoms with van der Waals surface area (Å²) >= 11 is 0. The minimum absolute atomic E-state index is 0.0360. The van der Waals surface area contributed by atoms with Crippen LogP contribution in [0.3, 0.4) is 0 Å². The fraction of sp³-hybridized carbons (Fsp3) is 0.567. The second-order valence-corrected chi connectivity index (χ2v) is 13.4. The average molecular weight is 615 g/mol. The molecule has 2 heterocycles. The Morgan fingerprint density at radius 1 is 0.976 bits per heavy atom. The van der Waals surface area contributed by atoms with Gasteiger partial charge in [-0.25, -0.2) is 31.0 Å². The zero-order valence-corrected chi connectivity index (χ0v) is 24.9. The predicted octanol–water partition coefficient (Wildman–Crippen LogP) is 6.66. The fourth-order valence-corrected chi connectivity index (χ4v) is 6.16. The number of aliphatic hydroxyl groups excluding tert-OH is 1. The molecule has 2 fully saturated rings. The van der Waals surface area contributed by atoms with Crippen LogP contribution in [-0.2, 0) is 16.9 Å². The number of aromatic nitrogens is 2.